The van der Waals surface area contributed by atoms with E-state index in [9.17, 15) is 4.79 Å². The van der Waals surface area contributed by atoms with Crippen molar-refractivity contribution in [3.05, 3.63) is 17.0 Å². The maximum atomic E-state index is 12.6. The third-order valence-corrected chi connectivity index (χ3v) is 3.54. The summed E-state index contributed by atoms with van der Waals surface area (Å²) < 4.78 is 5.62. The van der Waals surface area contributed by atoms with Crippen LogP contribution in [0.1, 0.15) is 42.0 Å². The lowest BCUT2D eigenvalue weighted by Crippen LogP contribution is -2.51. The van der Waals surface area contributed by atoms with Crippen LogP contribution in [0.4, 0.5) is 0 Å². The zero-order valence-electron chi connectivity index (χ0n) is 11.5. The van der Waals surface area contributed by atoms with Crippen LogP contribution in [0.3, 0.4) is 0 Å². The first kappa shape index (κ1) is 13.1. The van der Waals surface area contributed by atoms with Crippen LogP contribution in [0.25, 0.3) is 0 Å². The van der Waals surface area contributed by atoms with Crippen molar-refractivity contribution in [3.8, 4) is 0 Å². The lowest BCUT2D eigenvalue weighted by atomic mass is 10.1. The molecule has 18 heavy (non-hydrogen) atoms. The number of carbonyl (C=O) groups is 1. The fourth-order valence-electron chi connectivity index (χ4n) is 2.44. The molecule has 1 N–H and O–H groups in total. The molecule has 0 aliphatic carbocycles. The highest BCUT2D eigenvalue weighted by atomic mass is 16.5. The van der Waals surface area contributed by atoms with E-state index in [0.717, 1.165) is 17.8 Å². The Morgan fingerprint density at radius 3 is 2.83 bits per heavy atom. The molecule has 0 radical (unpaired) electrons. The first-order chi connectivity index (χ1) is 8.54. The van der Waals surface area contributed by atoms with Crippen molar-refractivity contribution < 1.29 is 9.53 Å². The summed E-state index contributed by atoms with van der Waals surface area (Å²) in [7, 11) is 0. The van der Waals surface area contributed by atoms with Gasteiger partial charge in [0.1, 0.15) is 0 Å². The number of carbonyl (C=O) groups excluding carboxylic acids is 1. The van der Waals surface area contributed by atoms with E-state index in [0.29, 0.717) is 18.7 Å². The van der Waals surface area contributed by atoms with Crippen molar-refractivity contribution in [2.24, 2.45) is 0 Å². The van der Waals surface area contributed by atoms with E-state index >= 15 is 0 Å². The summed E-state index contributed by atoms with van der Waals surface area (Å²) in [5.41, 5.74) is 2.32. The molecule has 2 unspecified atom stereocenters. The van der Waals surface area contributed by atoms with Gasteiger partial charge in [-0.1, -0.05) is 6.92 Å². The van der Waals surface area contributed by atoms with Crippen LogP contribution in [0.5, 0.6) is 0 Å². The Morgan fingerprint density at radius 2 is 2.28 bits per heavy atom. The van der Waals surface area contributed by atoms with E-state index in [-0.39, 0.29) is 18.1 Å². The number of nitrogens with zero attached hydrogens (tertiary/aromatic N) is 2. The number of hydrogen-bond donors (Lipinski definition) is 1. The highest BCUT2D eigenvalue weighted by molar-refractivity contribution is 5.96. The lowest BCUT2D eigenvalue weighted by Gasteiger charge is -2.38. The maximum absolute atomic E-state index is 12.6. The van der Waals surface area contributed by atoms with Crippen molar-refractivity contribution in [1.29, 1.82) is 0 Å². The molecular weight excluding hydrogens is 230 g/mol. The van der Waals surface area contributed by atoms with Gasteiger partial charge in [0.15, 0.2) is 0 Å². The van der Waals surface area contributed by atoms with Gasteiger partial charge in [0.25, 0.3) is 5.91 Å². The second-order valence-corrected chi connectivity index (χ2v) is 4.97. The topological polar surface area (TPSA) is 58.2 Å². The molecule has 5 heteroatoms. The predicted octanol–water partition coefficient (Wildman–Crippen LogP) is 1.67. The van der Waals surface area contributed by atoms with Gasteiger partial charge in [-0.25, -0.2) is 0 Å². The average Bonchev–Trinajstić information content (AvgIpc) is 2.68. The summed E-state index contributed by atoms with van der Waals surface area (Å²) in [6.07, 6.45) is 1.01. The zero-order valence-corrected chi connectivity index (χ0v) is 11.5. The van der Waals surface area contributed by atoms with E-state index in [4.69, 9.17) is 4.74 Å². The van der Waals surface area contributed by atoms with Gasteiger partial charge in [-0.3, -0.25) is 9.89 Å². The number of morpholine rings is 1. The molecule has 0 saturated carbocycles. The van der Waals surface area contributed by atoms with Crippen LogP contribution in [0, 0.1) is 13.8 Å². The molecule has 1 aromatic heterocycles. The molecule has 2 heterocycles. The number of aromatic nitrogens is 2. The quantitative estimate of drug-likeness (QED) is 0.869. The number of nitrogens with one attached hydrogen (secondary N) is 1. The molecule has 0 spiro atoms. The molecule has 1 fully saturated rings. The fourth-order valence-corrected chi connectivity index (χ4v) is 2.44. The maximum Gasteiger partial charge on any atom is 0.258 e. The summed E-state index contributed by atoms with van der Waals surface area (Å²) in [5.74, 6) is 0.0701. The van der Waals surface area contributed by atoms with Crippen molar-refractivity contribution in [2.45, 2.75) is 46.3 Å². The second kappa shape index (κ2) is 5.10. The third kappa shape index (κ3) is 2.27. The Bertz CT molecular complexity index is 422. The average molecular weight is 251 g/mol. The van der Waals surface area contributed by atoms with E-state index in [1.807, 2.05) is 25.7 Å². The van der Waals surface area contributed by atoms with Gasteiger partial charge in [0.2, 0.25) is 0 Å². The Kier molecular flexibility index (Phi) is 3.71. The number of amides is 1. The summed E-state index contributed by atoms with van der Waals surface area (Å²) >= 11 is 0. The largest absolute Gasteiger partial charge is 0.375 e. The van der Waals surface area contributed by atoms with E-state index in [2.05, 4.69) is 17.1 Å². The Hall–Kier alpha value is -1.36. The smallest absolute Gasteiger partial charge is 0.258 e. The van der Waals surface area contributed by atoms with Crippen LogP contribution in [0.2, 0.25) is 0 Å². The number of hydrogen-bond acceptors (Lipinski definition) is 3. The van der Waals surface area contributed by atoms with Crippen LogP contribution in [0.15, 0.2) is 0 Å². The molecule has 0 bridgehead atoms. The first-order valence-corrected chi connectivity index (χ1v) is 6.48. The van der Waals surface area contributed by atoms with Gasteiger partial charge in [-0.15, -0.1) is 0 Å². The molecule has 2 atom stereocenters. The Labute approximate surface area is 108 Å². The SMILES string of the molecule is CCC1COC(C)CN1C(=O)c1c(C)n[nH]c1C. The van der Waals surface area contributed by atoms with E-state index in [1.54, 1.807) is 0 Å². The van der Waals surface area contributed by atoms with Gasteiger partial charge in [0, 0.05) is 12.2 Å². The van der Waals surface area contributed by atoms with Gasteiger partial charge in [-0.05, 0) is 27.2 Å². The Balaban J connectivity index is 2.26. The summed E-state index contributed by atoms with van der Waals surface area (Å²) in [4.78, 5) is 14.6. The van der Waals surface area contributed by atoms with Crippen molar-refractivity contribution in [2.75, 3.05) is 13.2 Å². The lowest BCUT2D eigenvalue weighted by molar-refractivity contribution is -0.0444. The molecule has 1 aliphatic heterocycles. The highest BCUT2D eigenvalue weighted by Crippen LogP contribution is 2.20. The molecule has 5 nitrogen and oxygen atoms in total. The molecule has 1 aliphatic rings. The minimum absolute atomic E-state index is 0.0701. The summed E-state index contributed by atoms with van der Waals surface area (Å²) in [6.45, 7) is 9.11. The number of H-pyrrole nitrogens is 1. The molecule has 1 aromatic rings. The molecule has 1 amide bonds. The minimum Gasteiger partial charge on any atom is -0.375 e. The number of rotatable bonds is 2. The van der Waals surface area contributed by atoms with Crippen LogP contribution >= 0.6 is 0 Å². The minimum atomic E-state index is 0.0701. The zero-order chi connectivity index (χ0) is 13.3. The molecule has 100 valence electrons. The van der Waals surface area contributed by atoms with Crippen LogP contribution in [-0.2, 0) is 4.74 Å². The molecule has 0 aromatic carbocycles. The monoisotopic (exact) mass is 251 g/mol. The van der Waals surface area contributed by atoms with Crippen LogP contribution < -0.4 is 0 Å². The fraction of sp³-hybridized carbons (Fsp3) is 0.692. The normalized spacial score (nSPS) is 24.3. The predicted molar refractivity (Wildman–Crippen MR) is 68.6 cm³/mol. The number of aromatic amines is 1. The van der Waals surface area contributed by atoms with Gasteiger partial charge >= 0.3 is 0 Å². The number of ether oxygens (including phenoxy) is 1. The molecule has 1 saturated heterocycles. The van der Waals surface area contributed by atoms with Crippen molar-refractivity contribution in [1.82, 2.24) is 15.1 Å². The van der Waals surface area contributed by atoms with Gasteiger partial charge < -0.3 is 9.64 Å². The Morgan fingerprint density at radius 1 is 1.56 bits per heavy atom. The second-order valence-electron chi connectivity index (χ2n) is 4.97. The van der Waals surface area contributed by atoms with Gasteiger partial charge in [-0.2, -0.15) is 5.10 Å². The summed E-state index contributed by atoms with van der Waals surface area (Å²) in [6, 6.07) is 0.169. The molecule has 2 rings (SSSR count). The van der Waals surface area contributed by atoms with E-state index in [1.165, 1.54) is 0 Å². The van der Waals surface area contributed by atoms with Crippen LogP contribution in [-0.4, -0.2) is 46.3 Å². The molecular formula is C13H21N3O2. The third-order valence-electron chi connectivity index (χ3n) is 3.54. The number of aryl methyl sites for hydroxylation is 2. The standard InChI is InChI=1S/C13H21N3O2/c1-5-11-7-18-8(2)6-16(11)13(17)12-9(3)14-15-10(12)4/h8,11H,5-7H2,1-4H3,(H,14,15). The van der Waals surface area contributed by atoms with Crippen molar-refractivity contribution in [3.63, 3.8) is 0 Å². The first-order valence-electron chi connectivity index (χ1n) is 6.48. The van der Waals surface area contributed by atoms with E-state index < -0.39 is 0 Å². The van der Waals surface area contributed by atoms with Gasteiger partial charge in [0.05, 0.1) is 30.0 Å². The summed E-state index contributed by atoms with van der Waals surface area (Å²) in [5, 5.41) is 6.97. The van der Waals surface area contributed by atoms with Crippen molar-refractivity contribution >= 4 is 5.91 Å². The highest BCUT2D eigenvalue weighted by Gasteiger charge is 2.32.